The highest BCUT2D eigenvalue weighted by Gasteiger charge is 2.15. The van der Waals surface area contributed by atoms with Crippen LogP contribution in [0.5, 0.6) is 5.75 Å². The maximum Gasteiger partial charge on any atom is 0.251 e. The van der Waals surface area contributed by atoms with E-state index in [0.29, 0.717) is 34.0 Å². The monoisotopic (exact) mass is 447 g/mol. The van der Waals surface area contributed by atoms with Crippen LogP contribution in [0, 0.1) is 6.92 Å². The molecule has 0 spiro atoms. The molecule has 0 bridgehead atoms. The summed E-state index contributed by atoms with van der Waals surface area (Å²) < 4.78 is 6.96. The van der Waals surface area contributed by atoms with Crippen LogP contribution in [-0.2, 0) is 17.9 Å². The maximum atomic E-state index is 12.3. The minimum absolute atomic E-state index is 0.162. The van der Waals surface area contributed by atoms with Crippen LogP contribution < -0.4 is 15.4 Å². The van der Waals surface area contributed by atoms with Crippen molar-refractivity contribution in [1.82, 2.24) is 30.3 Å². The summed E-state index contributed by atoms with van der Waals surface area (Å²) in [5.41, 5.74) is 0.525. The molecule has 2 amide bonds. The second-order valence-electron chi connectivity index (χ2n) is 6.02. The minimum Gasteiger partial charge on any atom is -0.497 e. The number of carbonyl (C=O) groups is 2. The van der Waals surface area contributed by atoms with Crippen molar-refractivity contribution < 1.29 is 14.3 Å². The van der Waals surface area contributed by atoms with Crippen LogP contribution >= 0.6 is 23.1 Å². The Labute approximate surface area is 181 Å². The van der Waals surface area contributed by atoms with E-state index in [4.69, 9.17) is 4.74 Å². The third kappa shape index (κ3) is 5.54. The molecule has 3 aromatic rings. The summed E-state index contributed by atoms with van der Waals surface area (Å²) >= 11 is 2.58. The fraction of sp³-hybridized carbons (Fsp3) is 0.333. The summed E-state index contributed by atoms with van der Waals surface area (Å²) in [5.74, 6) is 1.04. The molecule has 1 aromatic carbocycles. The van der Waals surface area contributed by atoms with Crippen LogP contribution in [0.2, 0.25) is 0 Å². The van der Waals surface area contributed by atoms with Crippen LogP contribution in [0.15, 0.2) is 29.4 Å². The zero-order valence-electron chi connectivity index (χ0n) is 16.7. The average Bonchev–Trinajstić information content (AvgIpc) is 3.35. The number of aromatic nitrogens is 5. The summed E-state index contributed by atoms with van der Waals surface area (Å²) in [6, 6.07) is 6.84. The Morgan fingerprint density at radius 2 is 1.93 bits per heavy atom. The topological polar surface area (TPSA) is 124 Å². The highest BCUT2D eigenvalue weighted by atomic mass is 32.2. The lowest BCUT2D eigenvalue weighted by molar-refractivity contribution is -0.113. The molecule has 0 fully saturated rings. The number of benzene rings is 1. The lowest BCUT2D eigenvalue weighted by atomic mass is 10.2. The van der Waals surface area contributed by atoms with Gasteiger partial charge >= 0.3 is 0 Å². The van der Waals surface area contributed by atoms with Crippen LogP contribution in [0.1, 0.15) is 28.1 Å². The quantitative estimate of drug-likeness (QED) is 0.478. The number of thioether (sulfide) groups is 1. The number of hydrogen-bond acceptors (Lipinski definition) is 9. The van der Waals surface area contributed by atoms with E-state index in [1.165, 1.54) is 23.1 Å². The molecule has 0 saturated heterocycles. The van der Waals surface area contributed by atoms with Crippen LogP contribution in [0.4, 0.5) is 5.13 Å². The van der Waals surface area contributed by atoms with E-state index >= 15 is 0 Å². The molecule has 30 heavy (non-hydrogen) atoms. The first kappa shape index (κ1) is 21.7. The van der Waals surface area contributed by atoms with Crippen molar-refractivity contribution in [2.24, 2.45) is 0 Å². The summed E-state index contributed by atoms with van der Waals surface area (Å²) in [6.45, 7) is 4.61. The first-order valence-corrected chi connectivity index (χ1v) is 10.9. The Hall–Kier alpha value is -2.99. The average molecular weight is 448 g/mol. The highest BCUT2D eigenvalue weighted by Crippen LogP contribution is 2.19. The van der Waals surface area contributed by atoms with Gasteiger partial charge in [0.2, 0.25) is 11.0 Å². The van der Waals surface area contributed by atoms with Gasteiger partial charge in [-0.15, -0.1) is 20.4 Å². The lowest BCUT2D eigenvalue weighted by Gasteiger charge is -2.09. The van der Waals surface area contributed by atoms with Gasteiger partial charge in [0.05, 0.1) is 19.4 Å². The Kier molecular flexibility index (Phi) is 7.36. The Morgan fingerprint density at radius 1 is 1.17 bits per heavy atom. The third-order valence-corrected chi connectivity index (χ3v) is 5.69. The van der Waals surface area contributed by atoms with Crippen molar-refractivity contribution in [2.75, 3.05) is 18.2 Å². The van der Waals surface area contributed by atoms with Gasteiger partial charge in [0.25, 0.3) is 5.91 Å². The summed E-state index contributed by atoms with van der Waals surface area (Å²) in [5, 5.41) is 23.4. The summed E-state index contributed by atoms with van der Waals surface area (Å²) in [6.07, 6.45) is 0. The number of carbonyl (C=O) groups excluding carboxylic acids is 2. The number of rotatable bonds is 9. The Balaban J connectivity index is 1.55. The highest BCUT2D eigenvalue weighted by molar-refractivity contribution is 7.99. The van der Waals surface area contributed by atoms with E-state index in [9.17, 15) is 9.59 Å². The molecular formula is C18H21N7O3S2. The van der Waals surface area contributed by atoms with Gasteiger partial charge in [0.15, 0.2) is 11.0 Å². The number of nitrogens with one attached hydrogen (secondary N) is 2. The number of hydrogen-bond donors (Lipinski definition) is 2. The van der Waals surface area contributed by atoms with Crippen molar-refractivity contribution in [3.8, 4) is 5.75 Å². The van der Waals surface area contributed by atoms with Crippen molar-refractivity contribution >= 4 is 40.0 Å². The normalized spacial score (nSPS) is 10.6. The van der Waals surface area contributed by atoms with E-state index in [0.717, 1.165) is 5.01 Å². The number of anilines is 1. The van der Waals surface area contributed by atoms with Crippen molar-refractivity contribution in [3.63, 3.8) is 0 Å². The molecule has 0 aliphatic rings. The van der Waals surface area contributed by atoms with E-state index in [-0.39, 0.29) is 24.1 Å². The zero-order chi connectivity index (χ0) is 21.5. The largest absolute Gasteiger partial charge is 0.497 e. The number of ether oxygens (including phenoxy) is 1. The van der Waals surface area contributed by atoms with Crippen molar-refractivity contribution in [1.29, 1.82) is 0 Å². The first-order chi connectivity index (χ1) is 14.5. The standard InChI is InChI=1S/C18H21N7O3S2/c1-4-25-14(9-19-16(27)12-5-7-13(28-3)8-6-12)22-24-18(25)29-10-15(26)20-17-23-21-11(2)30-17/h5-8H,4,9-10H2,1-3H3,(H,19,27)(H,20,23,26). The minimum atomic E-state index is -0.218. The molecule has 2 heterocycles. The lowest BCUT2D eigenvalue weighted by Crippen LogP contribution is -2.24. The van der Waals surface area contributed by atoms with Crippen molar-refractivity contribution in [3.05, 3.63) is 40.7 Å². The smallest absolute Gasteiger partial charge is 0.251 e. The van der Waals surface area contributed by atoms with Crippen molar-refractivity contribution in [2.45, 2.75) is 32.1 Å². The molecular weight excluding hydrogens is 426 g/mol. The van der Waals surface area contributed by atoms with E-state index in [1.807, 2.05) is 18.4 Å². The molecule has 0 radical (unpaired) electrons. The van der Waals surface area contributed by atoms with Crippen LogP contribution in [-0.4, -0.2) is 49.6 Å². The SMILES string of the molecule is CCn1c(CNC(=O)c2ccc(OC)cc2)nnc1SCC(=O)Nc1nnc(C)s1. The molecule has 10 nitrogen and oxygen atoms in total. The van der Waals surface area contributed by atoms with Gasteiger partial charge in [-0.2, -0.15) is 0 Å². The van der Waals surface area contributed by atoms with Gasteiger partial charge in [0, 0.05) is 12.1 Å². The molecule has 12 heteroatoms. The number of aryl methyl sites for hydroxylation is 1. The molecule has 0 saturated carbocycles. The molecule has 2 N–H and O–H groups in total. The molecule has 0 unspecified atom stereocenters. The van der Waals surface area contributed by atoms with Gasteiger partial charge < -0.3 is 14.6 Å². The van der Waals surface area contributed by atoms with Gasteiger partial charge in [-0.1, -0.05) is 23.1 Å². The van der Waals surface area contributed by atoms with Gasteiger partial charge in [-0.25, -0.2) is 0 Å². The van der Waals surface area contributed by atoms with Gasteiger partial charge in [-0.3, -0.25) is 14.9 Å². The van der Waals surface area contributed by atoms with Crippen LogP contribution in [0.3, 0.4) is 0 Å². The van der Waals surface area contributed by atoms with E-state index in [2.05, 4.69) is 31.0 Å². The molecule has 3 rings (SSSR count). The zero-order valence-corrected chi connectivity index (χ0v) is 18.3. The van der Waals surface area contributed by atoms with E-state index < -0.39 is 0 Å². The predicted molar refractivity (Wildman–Crippen MR) is 114 cm³/mol. The summed E-state index contributed by atoms with van der Waals surface area (Å²) in [4.78, 5) is 24.4. The molecule has 2 aromatic heterocycles. The first-order valence-electron chi connectivity index (χ1n) is 9.07. The fourth-order valence-corrected chi connectivity index (χ4v) is 3.94. The molecule has 158 valence electrons. The second kappa shape index (κ2) is 10.2. The molecule has 0 aliphatic carbocycles. The molecule has 0 aliphatic heterocycles. The molecule has 0 atom stereocenters. The number of nitrogens with zero attached hydrogens (tertiary/aromatic N) is 5. The Morgan fingerprint density at radius 3 is 2.57 bits per heavy atom. The summed E-state index contributed by atoms with van der Waals surface area (Å²) in [7, 11) is 1.57. The van der Waals surface area contributed by atoms with E-state index in [1.54, 1.807) is 31.4 Å². The third-order valence-electron chi connectivity index (χ3n) is 3.97. The fourth-order valence-electron chi connectivity index (χ4n) is 2.51. The van der Waals surface area contributed by atoms with Gasteiger partial charge in [-0.05, 0) is 38.1 Å². The predicted octanol–water partition coefficient (Wildman–Crippen LogP) is 2.13. The maximum absolute atomic E-state index is 12.3. The number of methoxy groups -OCH3 is 1. The number of amides is 2. The Bertz CT molecular complexity index is 1020. The second-order valence-corrected chi connectivity index (χ2v) is 8.14. The van der Waals surface area contributed by atoms with Crippen LogP contribution in [0.25, 0.3) is 0 Å². The van der Waals surface area contributed by atoms with Gasteiger partial charge in [0.1, 0.15) is 10.8 Å².